The summed E-state index contributed by atoms with van der Waals surface area (Å²) < 4.78 is 0. The lowest BCUT2D eigenvalue weighted by atomic mass is 10.1. The van der Waals surface area contributed by atoms with Gasteiger partial charge in [0.25, 0.3) is 5.91 Å². The Morgan fingerprint density at radius 2 is 1.96 bits per heavy atom. The highest BCUT2D eigenvalue weighted by atomic mass is 32.1. The Kier molecular flexibility index (Phi) is 5.22. The fourth-order valence-electron chi connectivity index (χ4n) is 3.87. The summed E-state index contributed by atoms with van der Waals surface area (Å²) in [6.07, 6.45) is 1.15. The van der Waals surface area contributed by atoms with E-state index in [0.717, 1.165) is 25.9 Å². The molecule has 0 radical (unpaired) electrons. The molecular weight excluding hydrogens is 326 g/mol. The second-order valence-electron chi connectivity index (χ2n) is 6.67. The van der Waals surface area contributed by atoms with Crippen molar-refractivity contribution in [2.24, 2.45) is 0 Å². The molecule has 1 aliphatic heterocycles. The van der Waals surface area contributed by atoms with E-state index in [4.69, 9.17) is 0 Å². The number of carbonyl (C=O) groups excluding carboxylic acids is 2. The highest BCUT2D eigenvalue weighted by Crippen LogP contribution is 2.29. The molecule has 3 atom stereocenters. The van der Waals surface area contributed by atoms with Crippen molar-refractivity contribution >= 4 is 23.2 Å². The van der Waals surface area contributed by atoms with Crippen molar-refractivity contribution in [1.29, 1.82) is 0 Å². The molecule has 2 aliphatic rings. The number of aliphatic hydroxyl groups excluding tert-OH is 1. The molecule has 1 aliphatic carbocycles. The van der Waals surface area contributed by atoms with E-state index in [-0.39, 0.29) is 23.9 Å². The predicted octanol–water partition coefficient (Wildman–Crippen LogP) is 0.876. The van der Waals surface area contributed by atoms with Gasteiger partial charge in [0, 0.05) is 51.6 Å². The third-order valence-electron chi connectivity index (χ3n) is 5.36. The molecular formula is C17H25N3O3S. The Morgan fingerprint density at radius 1 is 1.25 bits per heavy atom. The second kappa shape index (κ2) is 7.21. The molecule has 6 nitrogen and oxygen atoms in total. The minimum Gasteiger partial charge on any atom is -0.389 e. The van der Waals surface area contributed by atoms with E-state index in [0.29, 0.717) is 18.7 Å². The van der Waals surface area contributed by atoms with E-state index in [1.54, 1.807) is 18.9 Å². The van der Waals surface area contributed by atoms with Gasteiger partial charge in [0.05, 0.1) is 17.7 Å². The molecule has 0 bridgehead atoms. The van der Waals surface area contributed by atoms with Crippen LogP contribution >= 0.6 is 11.3 Å². The van der Waals surface area contributed by atoms with Crippen LogP contribution in [0.4, 0.5) is 0 Å². The first-order chi connectivity index (χ1) is 11.5. The van der Waals surface area contributed by atoms with Crippen LogP contribution < -0.4 is 0 Å². The van der Waals surface area contributed by atoms with Crippen molar-refractivity contribution < 1.29 is 14.7 Å². The minimum absolute atomic E-state index is 0.0256. The maximum Gasteiger partial charge on any atom is 0.254 e. The van der Waals surface area contributed by atoms with Gasteiger partial charge in [-0.05, 0) is 24.3 Å². The van der Waals surface area contributed by atoms with E-state index in [9.17, 15) is 14.7 Å². The quantitative estimate of drug-likeness (QED) is 0.878. The molecule has 1 aromatic rings. The maximum atomic E-state index is 12.5. The highest BCUT2D eigenvalue weighted by Gasteiger charge is 2.42. The third-order valence-corrected chi connectivity index (χ3v) is 6.04. The van der Waals surface area contributed by atoms with Gasteiger partial charge < -0.3 is 14.9 Å². The lowest BCUT2D eigenvalue weighted by molar-refractivity contribution is -0.131. The molecule has 2 heterocycles. The van der Waals surface area contributed by atoms with Crippen molar-refractivity contribution in [2.45, 2.75) is 38.0 Å². The van der Waals surface area contributed by atoms with Crippen molar-refractivity contribution in [1.82, 2.24) is 14.7 Å². The van der Waals surface area contributed by atoms with Crippen LogP contribution in [0.25, 0.3) is 0 Å². The second-order valence-corrected chi connectivity index (χ2v) is 7.45. The minimum atomic E-state index is -0.540. The standard InChI is InChI=1S/C17H25N3O3S/c1-12(21)19-6-8-20(9-7-19)15-4-3-14(16(15)22)18(2)17(23)13-5-10-24-11-13/h5,10-11,14-16,22H,3-4,6-9H2,1-2H3/t14-,15-,16-/m1/s1. The normalized spacial score (nSPS) is 28.1. The zero-order valence-corrected chi connectivity index (χ0v) is 15.0. The van der Waals surface area contributed by atoms with E-state index in [1.807, 2.05) is 21.7 Å². The lowest BCUT2D eigenvalue weighted by Crippen LogP contribution is -2.55. The van der Waals surface area contributed by atoms with Crippen LogP contribution in [-0.4, -0.2) is 83.0 Å². The van der Waals surface area contributed by atoms with Gasteiger partial charge in [-0.15, -0.1) is 0 Å². The number of thiophene rings is 1. The zero-order valence-electron chi connectivity index (χ0n) is 14.2. The average molecular weight is 351 g/mol. The molecule has 2 amide bonds. The number of rotatable bonds is 3. The predicted molar refractivity (Wildman–Crippen MR) is 93.1 cm³/mol. The molecule has 0 unspecified atom stereocenters. The molecule has 2 fully saturated rings. The largest absolute Gasteiger partial charge is 0.389 e. The van der Waals surface area contributed by atoms with Crippen LogP contribution in [0.5, 0.6) is 0 Å². The number of nitrogens with zero attached hydrogens (tertiary/aromatic N) is 3. The molecule has 0 aromatic carbocycles. The molecule has 132 valence electrons. The molecule has 1 N–H and O–H groups in total. The first-order valence-electron chi connectivity index (χ1n) is 8.46. The van der Waals surface area contributed by atoms with Crippen molar-refractivity contribution in [3.05, 3.63) is 22.4 Å². The van der Waals surface area contributed by atoms with E-state index in [2.05, 4.69) is 4.90 Å². The number of piperazine rings is 1. The van der Waals surface area contributed by atoms with Gasteiger partial charge in [-0.3, -0.25) is 14.5 Å². The Balaban J connectivity index is 1.60. The summed E-state index contributed by atoms with van der Waals surface area (Å²) in [6, 6.07) is 1.75. The first kappa shape index (κ1) is 17.4. The topological polar surface area (TPSA) is 64.1 Å². The summed E-state index contributed by atoms with van der Waals surface area (Å²) in [4.78, 5) is 29.8. The first-order valence-corrected chi connectivity index (χ1v) is 9.40. The molecule has 3 rings (SSSR count). The van der Waals surface area contributed by atoms with Crippen LogP contribution in [0, 0.1) is 0 Å². The van der Waals surface area contributed by atoms with Crippen LogP contribution in [-0.2, 0) is 4.79 Å². The zero-order chi connectivity index (χ0) is 17.3. The van der Waals surface area contributed by atoms with Gasteiger partial charge in [-0.25, -0.2) is 0 Å². The fraction of sp³-hybridized carbons (Fsp3) is 0.647. The van der Waals surface area contributed by atoms with Crippen molar-refractivity contribution in [2.75, 3.05) is 33.2 Å². The maximum absolute atomic E-state index is 12.5. The number of hydrogen-bond acceptors (Lipinski definition) is 5. The highest BCUT2D eigenvalue weighted by molar-refractivity contribution is 7.08. The molecule has 0 spiro atoms. The summed E-state index contributed by atoms with van der Waals surface area (Å²) in [5.41, 5.74) is 0.688. The van der Waals surface area contributed by atoms with Crippen LogP contribution in [0.15, 0.2) is 16.8 Å². The fourth-order valence-corrected chi connectivity index (χ4v) is 4.50. The summed E-state index contributed by atoms with van der Waals surface area (Å²) >= 11 is 1.50. The van der Waals surface area contributed by atoms with Gasteiger partial charge in [-0.2, -0.15) is 11.3 Å². The Morgan fingerprint density at radius 3 is 2.54 bits per heavy atom. The Hall–Kier alpha value is -1.44. The van der Waals surface area contributed by atoms with Crippen LogP contribution in [0.1, 0.15) is 30.1 Å². The summed E-state index contributed by atoms with van der Waals surface area (Å²) in [7, 11) is 1.78. The van der Waals surface area contributed by atoms with E-state index >= 15 is 0 Å². The van der Waals surface area contributed by atoms with Crippen molar-refractivity contribution in [3.63, 3.8) is 0 Å². The number of aliphatic hydroxyl groups is 1. The van der Waals surface area contributed by atoms with Gasteiger partial charge in [-0.1, -0.05) is 0 Å². The third kappa shape index (κ3) is 3.34. The molecule has 1 saturated carbocycles. The number of likely N-dealkylation sites (N-methyl/N-ethyl adjacent to an activating group) is 1. The van der Waals surface area contributed by atoms with Gasteiger partial charge in [0.1, 0.15) is 0 Å². The molecule has 7 heteroatoms. The SMILES string of the molecule is CC(=O)N1CCN([C@@H]2CC[C@@H](N(C)C(=O)c3ccsc3)[C@H]2O)CC1. The smallest absolute Gasteiger partial charge is 0.254 e. The van der Waals surface area contributed by atoms with E-state index in [1.165, 1.54) is 11.3 Å². The van der Waals surface area contributed by atoms with Gasteiger partial charge in [0.15, 0.2) is 0 Å². The number of amides is 2. The summed E-state index contributed by atoms with van der Waals surface area (Å²) in [5, 5.41) is 14.5. The monoisotopic (exact) mass is 351 g/mol. The summed E-state index contributed by atoms with van der Waals surface area (Å²) in [5.74, 6) is 0.0861. The molecule has 24 heavy (non-hydrogen) atoms. The molecule has 1 aromatic heterocycles. The van der Waals surface area contributed by atoms with Crippen molar-refractivity contribution in [3.8, 4) is 0 Å². The van der Waals surface area contributed by atoms with Crippen LogP contribution in [0.2, 0.25) is 0 Å². The molecule has 1 saturated heterocycles. The lowest BCUT2D eigenvalue weighted by Gasteiger charge is -2.39. The summed E-state index contributed by atoms with van der Waals surface area (Å²) in [6.45, 7) is 4.60. The van der Waals surface area contributed by atoms with Gasteiger partial charge >= 0.3 is 0 Å². The number of carbonyl (C=O) groups is 2. The van der Waals surface area contributed by atoms with E-state index < -0.39 is 6.10 Å². The Labute approximate surface area is 146 Å². The van der Waals surface area contributed by atoms with Crippen LogP contribution in [0.3, 0.4) is 0 Å². The Bertz CT molecular complexity index is 584. The van der Waals surface area contributed by atoms with Gasteiger partial charge in [0.2, 0.25) is 5.91 Å². The number of hydrogen-bond donors (Lipinski definition) is 1. The average Bonchev–Trinajstić information content (AvgIpc) is 3.23.